The van der Waals surface area contributed by atoms with E-state index in [1.54, 1.807) is 24.6 Å². The van der Waals surface area contributed by atoms with Crippen LogP contribution in [0.2, 0.25) is 0 Å². The highest BCUT2D eigenvalue weighted by molar-refractivity contribution is 5.92. The average molecular weight is 467 g/mol. The molecule has 0 aliphatic carbocycles. The molecule has 1 aromatic carbocycles. The summed E-state index contributed by atoms with van der Waals surface area (Å²) in [5, 5.41) is 19.8. The standard InChI is InChI=1S/C24H31FN8O/c1-5-15-8-20-18(9-19(15)25)22-29-21(30-33(22)23(26)28-20)16-7-6-14(2)32(11-16)17-10-27-31(12-17)13-24(3,4)34/h8-10,12,14,16,34H,5-7,11,13H2,1-4H3,(H2,26,28)/t14-,16+/m0/s1. The van der Waals surface area contributed by atoms with Gasteiger partial charge in [-0.05, 0) is 57.7 Å². The van der Waals surface area contributed by atoms with E-state index in [1.165, 1.54) is 10.6 Å². The zero-order valence-corrected chi connectivity index (χ0v) is 20.0. The van der Waals surface area contributed by atoms with Crippen molar-refractivity contribution >= 4 is 28.2 Å². The monoisotopic (exact) mass is 466 g/mol. The van der Waals surface area contributed by atoms with Crippen LogP contribution in [0.1, 0.15) is 57.8 Å². The number of nitrogens with two attached hydrogens (primary N) is 1. The minimum atomic E-state index is -0.839. The summed E-state index contributed by atoms with van der Waals surface area (Å²) >= 11 is 0. The van der Waals surface area contributed by atoms with Crippen LogP contribution in [0.5, 0.6) is 0 Å². The first kappa shape index (κ1) is 22.5. The number of fused-ring (bicyclic) bond motifs is 3. The number of aryl methyl sites for hydroxylation is 1. The first-order chi connectivity index (χ1) is 16.1. The third-order valence-electron chi connectivity index (χ3n) is 6.61. The summed E-state index contributed by atoms with van der Waals surface area (Å²) in [5.74, 6) is 0.738. The first-order valence-electron chi connectivity index (χ1n) is 11.8. The summed E-state index contributed by atoms with van der Waals surface area (Å²) in [7, 11) is 0. The fourth-order valence-corrected chi connectivity index (χ4v) is 4.81. The van der Waals surface area contributed by atoms with Crippen molar-refractivity contribution in [2.24, 2.45) is 0 Å². The number of nitrogens with zero attached hydrogens (tertiary/aromatic N) is 7. The first-order valence-corrected chi connectivity index (χ1v) is 11.8. The van der Waals surface area contributed by atoms with Crippen molar-refractivity contribution in [2.45, 2.75) is 71.1 Å². The van der Waals surface area contributed by atoms with E-state index in [1.807, 2.05) is 19.3 Å². The topological polar surface area (TPSA) is 110 Å². The number of aliphatic hydroxyl groups is 1. The van der Waals surface area contributed by atoms with Crippen LogP contribution in [-0.4, -0.2) is 52.7 Å². The maximum Gasteiger partial charge on any atom is 0.223 e. The lowest BCUT2D eigenvalue weighted by atomic mass is 9.92. The molecule has 1 saturated heterocycles. The normalized spacial score (nSPS) is 19.4. The molecule has 0 spiro atoms. The smallest absolute Gasteiger partial charge is 0.223 e. The van der Waals surface area contributed by atoms with Crippen molar-refractivity contribution in [3.05, 3.63) is 41.7 Å². The third-order valence-corrected chi connectivity index (χ3v) is 6.61. The number of benzene rings is 1. The lowest BCUT2D eigenvalue weighted by Gasteiger charge is -2.37. The Labute approximate surface area is 197 Å². The van der Waals surface area contributed by atoms with Crippen molar-refractivity contribution in [1.82, 2.24) is 29.4 Å². The fraction of sp³-hybridized carbons (Fsp3) is 0.500. The van der Waals surface area contributed by atoms with Gasteiger partial charge < -0.3 is 15.7 Å². The molecule has 3 N–H and O–H groups in total. The maximum absolute atomic E-state index is 14.5. The van der Waals surface area contributed by atoms with E-state index >= 15 is 0 Å². The second-order valence-corrected chi connectivity index (χ2v) is 9.97. The molecule has 1 aliphatic heterocycles. The van der Waals surface area contributed by atoms with Crippen LogP contribution in [0.15, 0.2) is 24.5 Å². The van der Waals surface area contributed by atoms with Gasteiger partial charge in [-0.1, -0.05) is 6.92 Å². The van der Waals surface area contributed by atoms with Gasteiger partial charge in [0, 0.05) is 30.1 Å². The third kappa shape index (κ3) is 4.06. The largest absolute Gasteiger partial charge is 0.389 e. The molecule has 10 heteroatoms. The van der Waals surface area contributed by atoms with E-state index in [2.05, 4.69) is 27.0 Å². The van der Waals surface area contributed by atoms with Gasteiger partial charge in [-0.3, -0.25) is 4.68 Å². The Morgan fingerprint density at radius 3 is 2.76 bits per heavy atom. The van der Waals surface area contributed by atoms with Crippen molar-refractivity contribution < 1.29 is 9.50 Å². The Kier molecular flexibility index (Phi) is 5.43. The average Bonchev–Trinajstić information content (AvgIpc) is 3.41. The van der Waals surface area contributed by atoms with Crippen molar-refractivity contribution in [2.75, 3.05) is 17.2 Å². The van der Waals surface area contributed by atoms with Gasteiger partial charge in [0.15, 0.2) is 11.5 Å². The Morgan fingerprint density at radius 1 is 1.24 bits per heavy atom. The van der Waals surface area contributed by atoms with Crippen LogP contribution >= 0.6 is 0 Å². The molecular weight excluding hydrogens is 435 g/mol. The van der Waals surface area contributed by atoms with Gasteiger partial charge in [-0.2, -0.15) is 9.61 Å². The molecule has 4 aromatic rings. The predicted molar refractivity (Wildman–Crippen MR) is 129 cm³/mol. The number of aromatic nitrogens is 6. The summed E-state index contributed by atoms with van der Waals surface area (Å²) in [6.07, 6.45) is 6.30. The number of hydrogen-bond donors (Lipinski definition) is 2. The molecule has 9 nitrogen and oxygen atoms in total. The number of piperidine rings is 1. The highest BCUT2D eigenvalue weighted by Crippen LogP contribution is 2.33. The minimum absolute atomic E-state index is 0.0861. The molecule has 2 atom stereocenters. The van der Waals surface area contributed by atoms with Crippen LogP contribution in [0, 0.1) is 5.82 Å². The second kappa shape index (κ2) is 8.19. The van der Waals surface area contributed by atoms with Gasteiger partial charge in [0.25, 0.3) is 0 Å². The van der Waals surface area contributed by atoms with E-state index in [9.17, 15) is 9.50 Å². The van der Waals surface area contributed by atoms with Crippen LogP contribution in [-0.2, 0) is 13.0 Å². The number of anilines is 2. The zero-order valence-electron chi connectivity index (χ0n) is 20.0. The molecule has 0 bridgehead atoms. The van der Waals surface area contributed by atoms with Gasteiger partial charge in [0.1, 0.15) is 5.82 Å². The van der Waals surface area contributed by atoms with Crippen LogP contribution in [0.3, 0.4) is 0 Å². The fourth-order valence-electron chi connectivity index (χ4n) is 4.81. The van der Waals surface area contributed by atoms with Crippen LogP contribution in [0.25, 0.3) is 16.6 Å². The van der Waals surface area contributed by atoms with Crippen LogP contribution < -0.4 is 10.6 Å². The van der Waals surface area contributed by atoms with Gasteiger partial charge in [-0.25, -0.2) is 14.4 Å². The van der Waals surface area contributed by atoms with E-state index in [4.69, 9.17) is 10.7 Å². The highest BCUT2D eigenvalue weighted by atomic mass is 19.1. The molecule has 0 unspecified atom stereocenters. The Hall–Kier alpha value is -3.27. The molecular formula is C24H31FN8O. The van der Waals surface area contributed by atoms with Gasteiger partial charge in [-0.15, -0.1) is 5.10 Å². The molecule has 0 amide bonds. The van der Waals surface area contributed by atoms with E-state index in [0.717, 1.165) is 25.1 Å². The number of halogens is 1. The maximum atomic E-state index is 14.5. The lowest BCUT2D eigenvalue weighted by Crippen LogP contribution is -2.41. The molecule has 180 valence electrons. The number of hydrogen-bond acceptors (Lipinski definition) is 7. The Balaban J connectivity index is 1.48. The number of nitrogen functional groups attached to an aromatic ring is 1. The zero-order chi connectivity index (χ0) is 24.2. The molecule has 4 heterocycles. The summed E-state index contributed by atoms with van der Waals surface area (Å²) < 4.78 is 17.8. The van der Waals surface area contributed by atoms with Crippen molar-refractivity contribution in [1.29, 1.82) is 0 Å². The summed E-state index contributed by atoms with van der Waals surface area (Å²) in [6, 6.07) is 3.56. The second-order valence-electron chi connectivity index (χ2n) is 9.97. The van der Waals surface area contributed by atoms with E-state index in [-0.39, 0.29) is 17.7 Å². The minimum Gasteiger partial charge on any atom is -0.389 e. The SMILES string of the molecule is CCc1cc2nc(N)n3nc([C@@H]4CC[C@H](C)N(c5cnn(CC(C)(C)O)c5)C4)nc3c2cc1F. The summed E-state index contributed by atoms with van der Waals surface area (Å²) in [5.41, 5.74) is 8.13. The molecule has 1 fully saturated rings. The molecule has 1 aliphatic rings. The van der Waals surface area contributed by atoms with Gasteiger partial charge in [0.2, 0.25) is 5.95 Å². The summed E-state index contributed by atoms with van der Waals surface area (Å²) in [4.78, 5) is 11.6. The predicted octanol–water partition coefficient (Wildman–Crippen LogP) is 3.30. The quantitative estimate of drug-likeness (QED) is 0.464. The van der Waals surface area contributed by atoms with Crippen molar-refractivity contribution in [3.8, 4) is 0 Å². The Morgan fingerprint density at radius 2 is 2.03 bits per heavy atom. The molecule has 0 saturated carbocycles. The Bertz CT molecular complexity index is 1350. The van der Waals surface area contributed by atoms with Crippen LogP contribution in [0.4, 0.5) is 16.0 Å². The van der Waals surface area contributed by atoms with Gasteiger partial charge >= 0.3 is 0 Å². The van der Waals surface area contributed by atoms with E-state index in [0.29, 0.717) is 46.9 Å². The van der Waals surface area contributed by atoms with Gasteiger partial charge in [0.05, 0.1) is 29.5 Å². The number of rotatable bonds is 5. The van der Waals surface area contributed by atoms with E-state index < -0.39 is 5.60 Å². The highest BCUT2D eigenvalue weighted by Gasteiger charge is 2.31. The molecule has 34 heavy (non-hydrogen) atoms. The molecule has 3 aromatic heterocycles. The lowest BCUT2D eigenvalue weighted by molar-refractivity contribution is 0.0577. The van der Waals surface area contributed by atoms with Crippen molar-refractivity contribution in [3.63, 3.8) is 0 Å². The molecule has 5 rings (SSSR count). The summed E-state index contributed by atoms with van der Waals surface area (Å²) in [6.45, 7) is 8.79. The molecule has 0 radical (unpaired) electrons.